The van der Waals surface area contributed by atoms with E-state index in [0.717, 1.165) is 15.8 Å². The van der Waals surface area contributed by atoms with Gasteiger partial charge in [-0.1, -0.05) is 53.2 Å². The Labute approximate surface area is 125 Å². The first kappa shape index (κ1) is 13.1. The molecule has 1 aromatic heterocycles. The van der Waals surface area contributed by atoms with Gasteiger partial charge in [-0.3, -0.25) is 4.79 Å². The van der Waals surface area contributed by atoms with Gasteiger partial charge in [0.1, 0.15) is 11.3 Å². The van der Waals surface area contributed by atoms with E-state index in [-0.39, 0.29) is 5.43 Å². The summed E-state index contributed by atoms with van der Waals surface area (Å²) in [5.41, 5.74) is 2.23. The molecule has 0 atom stereocenters. The zero-order valence-electron chi connectivity index (χ0n) is 11.0. The van der Waals surface area contributed by atoms with Crippen LogP contribution in [0.4, 0.5) is 0 Å². The van der Waals surface area contributed by atoms with Crippen molar-refractivity contribution in [3.63, 3.8) is 0 Å². The average molecular weight is 329 g/mol. The highest BCUT2D eigenvalue weighted by Gasteiger charge is 2.14. The van der Waals surface area contributed by atoms with Crippen LogP contribution in [0.5, 0.6) is 0 Å². The fraction of sp³-hybridized carbons (Fsp3) is 0.118. The van der Waals surface area contributed by atoms with Crippen molar-refractivity contribution in [1.29, 1.82) is 0 Å². The highest BCUT2D eigenvalue weighted by molar-refractivity contribution is 9.10. The Kier molecular flexibility index (Phi) is 3.45. The van der Waals surface area contributed by atoms with E-state index in [9.17, 15) is 4.79 Å². The molecule has 100 valence electrons. The van der Waals surface area contributed by atoms with Crippen LogP contribution < -0.4 is 5.43 Å². The number of rotatable bonds is 2. The highest BCUT2D eigenvalue weighted by atomic mass is 79.9. The van der Waals surface area contributed by atoms with Crippen LogP contribution in [0, 0.1) is 0 Å². The van der Waals surface area contributed by atoms with Gasteiger partial charge in [-0.05, 0) is 23.8 Å². The van der Waals surface area contributed by atoms with Gasteiger partial charge in [0.2, 0.25) is 5.43 Å². The van der Waals surface area contributed by atoms with Gasteiger partial charge in [0.05, 0.1) is 10.9 Å². The normalized spacial score (nSPS) is 10.9. The summed E-state index contributed by atoms with van der Waals surface area (Å²) < 4.78 is 6.79. The maximum atomic E-state index is 12.8. The monoisotopic (exact) mass is 328 g/mol. The Morgan fingerprint density at radius 1 is 1.10 bits per heavy atom. The molecule has 3 heteroatoms. The van der Waals surface area contributed by atoms with Crippen molar-refractivity contribution in [2.24, 2.45) is 0 Å². The van der Waals surface area contributed by atoms with Crippen molar-refractivity contribution >= 4 is 26.9 Å². The second-order valence-corrected chi connectivity index (χ2v) is 5.51. The molecule has 0 fully saturated rings. The number of halogens is 1. The molecule has 0 unspecified atom stereocenters. The largest absolute Gasteiger partial charge is 0.460 e. The second-order valence-electron chi connectivity index (χ2n) is 4.59. The fourth-order valence-electron chi connectivity index (χ4n) is 2.36. The maximum absolute atomic E-state index is 12.8. The average Bonchev–Trinajstić information content (AvgIpc) is 2.48. The molecule has 2 aromatic carbocycles. The van der Waals surface area contributed by atoms with E-state index >= 15 is 0 Å². The van der Waals surface area contributed by atoms with Crippen molar-refractivity contribution < 1.29 is 4.42 Å². The number of fused-ring (bicyclic) bond motifs is 1. The predicted molar refractivity (Wildman–Crippen MR) is 85.0 cm³/mol. The lowest BCUT2D eigenvalue weighted by atomic mass is 10.0. The SMILES string of the molecule is CCc1oc2ccc(Br)cc2c(=O)c1-c1ccccc1. The molecular weight excluding hydrogens is 316 g/mol. The summed E-state index contributed by atoms with van der Waals surface area (Å²) in [4.78, 5) is 12.8. The van der Waals surface area contributed by atoms with Crippen LogP contribution in [0.3, 0.4) is 0 Å². The van der Waals surface area contributed by atoms with Gasteiger partial charge in [0, 0.05) is 10.9 Å². The van der Waals surface area contributed by atoms with Gasteiger partial charge in [0.15, 0.2) is 0 Å². The molecule has 1 heterocycles. The molecule has 20 heavy (non-hydrogen) atoms. The van der Waals surface area contributed by atoms with Crippen molar-refractivity contribution in [2.45, 2.75) is 13.3 Å². The molecule has 0 bridgehead atoms. The Bertz CT molecular complexity index is 820. The van der Waals surface area contributed by atoms with E-state index in [1.54, 1.807) is 0 Å². The number of hydrogen-bond acceptors (Lipinski definition) is 2. The molecule has 0 saturated heterocycles. The van der Waals surface area contributed by atoms with Gasteiger partial charge in [-0.2, -0.15) is 0 Å². The number of aryl methyl sites for hydroxylation is 1. The number of hydrogen-bond donors (Lipinski definition) is 0. The summed E-state index contributed by atoms with van der Waals surface area (Å²) in [6, 6.07) is 15.2. The zero-order valence-corrected chi connectivity index (χ0v) is 12.6. The Morgan fingerprint density at radius 2 is 1.85 bits per heavy atom. The molecule has 3 rings (SSSR count). The summed E-state index contributed by atoms with van der Waals surface area (Å²) in [5.74, 6) is 0.732. The van der Waals surface area contributed by atoms with Gasteiger partial charge in [0.25, 0.3) is 0 Å². The quantitative estimate of drug-likeness (QED) is 0.677. The lowest BCUT2D eigenvalue weighted by molar-refractivity contribution is 0.546. The highest BCUT2D eigenvalue weighted by Crippen LogP contribution is 2.26. The van der Waals surface area contributed by atoms with Crippen LogP contribution in [0.25, 0.3) is 22.1 Å². The molecular formula is C17H13BrO2. The molecule has 0 radical (unpaired) electrons. The van der Waals surface area contributed by atoms with Crippen molar-refractivity contribution in [3.8, 4) is 11.1 Å². The molecule has 0 saturated carbocycles. The Balaban J connectivity index is 2.41. The number of benzene rings is 2. The topological polar surface area (TPSA) is 30.2 Å². The zero-order chi connectivity index (χ0) is 14.1. The van der Waals surface area contributed by atoms with Crippen LogP contribution in [-0.4, -0.2) is 0 Å². The minimum absolute atomic E-state index is 0.0237. The summed E-state index contributed by atoms with van der Waals surface area (Å²) in [5, 5.41) is 0.607. The van der Waals surface area contributed by atoms with Crippen LogP contribution in [0.2, 0.25) is 0 Å². The van der Waals surface area contributed by atoms with Crippen molar-refractivity contribution in [2.75, 3.05) is 0 Å². The van der Waals surface area contributed by atoms with E-state index in [0.29, 0.717) is 23.0 Å². The minimum Gasteiger partial charge on any atom is -0.460 e. The lowest BCUT2D eigenvalue weighted by Crippen LogP contribution is -2.08. The Hall–Kier alpha value is -1.87. The van der Waals surface area contributed by atoms with Crippen LogP contribution in [0.15, 0.2) is 62.2 Å². The smallest absolute Gasteiger partial charge is 0.200 e. The van der Waals surface area contributed by atoms with Crippen LogP contribution in [-0.2, 0) is 6.42 Å². The van der Waals surface area contributed by atoms with E-state index in [1.165, 1.54) is 0 Å². The van der Waals surface area contributed by atoms with Gasteiger partial charge >= 0.3 is 0 Å². The van der Waals surface area contributed by atoms with Gasteiger partial charge in [-0.25, -0.2) is 0 Å². The first-order valence-corrected chi connectivity index (χ1v) is 7.30. The first-order chi connectivity index (χ1) is 9.70. The van der Waals surface area contributed by atoms with Crippen LogP contribution in [0.1, 0.15) is 12.7 Å². The van der Waals surface area contributed by atoms with Crippen LogP contribution >= 0.6 is 15.9 Å². The third-order valence-corrected chi connectivity index (χ3v) is 3.80. The molecule has 0 N–H and O–H groups in total. The first-order valence-electron chi connectivity index (χ1n) is 6.51. The molecule has 3 aromatic rings. The maximum Gasteiger partial charge on any atom is 0.200 e. The van der Waals surface area contributed by atoms with E-state index in [2.05, 4.69) is 15.9 Å². The Morgan fingerprint density at radius 3 is 2.55 bits per heavy atom. The third-order valence-electron chi connectivity index (χ3n) is 3.31. The lowest BCUT2D eigenvalue weighted by Gasteiger charge is -2.09. The summed E-state index contributed by atoms with van der Waals surface area (Å²) in [6.45, 7) is 2.00. The molecule has 0 spiro atoms. The standard InChI is InChI=1S/C17H13BrO2/c1-2-14-16(11-6-4-3-5-7-11)17(19)13-10-12(18)8-9-15(13)20-14/h3-10H,2H2,1H3. The van der Waals surface area contributed by atoms with E-state index < -0.39 is 0 Å². The molecule has 0 aliphatic heterocycles. The minimum atomic E-state index is 0.0237. The molecule has 0 aliphatic carbocycles. The molecule has 0 aliphatic rings. The second kappa shape index (κ2) is 5.25. The van der Waals surface area contributed by atoms with E-state index in [4.69, 9.17) is 4.42 Å². The van der Waals surface area contributed by atoms with Crippen molar-refractivity contribution in [3.05, 3.63) is 69.0 Å². The van der Waals surface area contributed by atoms with Gasteiger partial charge < -0.3 is 4.42 Å². The molecule has 2 nitrogen and oxygen atoms in total. The van der Waals surface area contributed by atoms with Gasteiger partial charge in [-0.15, -0.1) is 0 Å². The third kappa shape index (κ3) is 2.18. The summed E-state index contributed by atoms with van der Waals surface area (Å²) >= 11 is 3.40. The fourth-order valence-corrected chi connectivity index (χ4v) is 2.72. The summed E-state index contributed by atoms with van der Waals surface area (Å²) in [6.07, 6.45) is 0.686. The molecule has 0 amide bonds. The predicted octanol–water partition coefficient (Wildman–Crippen LogP) is 4.78. The summed E-state index contributed by atoms with van der Waals surface area (Å²) in [7, 11) is 0. The van der Waals surface area contributed by atoms with Crippen molar-refractivity contribution in [1.82, 2.24) is 0 Å². The van der Waals surface area contributed by atoms with E-state index in [1.807, 2.05) is 55.5 Å².